The summed E-state index contributed by atoms with van der Waals surface area (Å²) in [5, 5.41) is 2.64. The Morgan fingerprint density at radius 2 is 1.67 bits per heavy atom. The van der Waals surface area contributed by atoms with Crippen molar-refractivity contribution in [3.8, 4) is 5.75 Å². The molecule has 3 aromatic rings. The van der Waals surface area contributed by atoms with E-state index in [0.29, 0.717) is 30.4 Å². The summed E-state index contributed by atoms with van der Waals surface area (Å²) in [5.41, 5.74) is 2.23. The first-order valence-corrected chi connectivity index (χ1v) is 12.2. The molecular formula is C26H29ClN2O3S. The Bertz CT molecular complexity index is 1040. The second-order valence-electron chi connectivity index (χ2n) is 7.82. The van der Waals surface area contributed by atoms with Gasteiger partial charge in [-0.1, -0.05) is 48.9 Å². The minimum absolute atomic E-state index is 0.0217. The predicted molar refractivity (Wildman–Crippen MR) is 134 cm³/mol. The summed E-state index contributed by atoms with van der Waals surface area (Å²) in [6.45, 7) is 5.44. The smallest absolute Gasteiger partial charge is 0.260 e. The second-order valence-corrected chi connectivity index (χ2v) is 9.26. The molecule has 0 spiro atoms. The van der Waals surface area contributed by atoms with Crippen LogP contribution in [0.15, 0.2) is 66.0 Å². The zero-order valence-corrected chi connectivity index (χ0v) is 20.6. The molecule has 0 unspecified atom stereocenters. The molecule has 3 rings (SSSR count). The Kier molecular flexibility index (Phi) is 9.34. The molecule has 0 saturated heterocycles. The van der Waals surface area contributed by atoms with Crippen molar-refractivity contribution in [3.63, 3.8) is 0 Å². The van der Waals surface area contributed by atoms with Gasteiger partial charge in [-0.15, -0.1) is 11.3 Å². The number of hydrogen-bond acceptors (Lipinski definition) is 4. The predicted octanol–water partition coefficient (Wildman–Crippen LogP) is 5.56. The molecule has 0 aliphatic heterocycles. The lowest BCUT2D eigenvalue weighted by atomic mass is 10.2. The average Bonchev–Trinajstić information content (AvgIpc) is 3.22. The molecule has 1 aromatic heterocycles. The molecule has 5 nitrogen and oxygen atoms in total. The summed E-state index contributed by atoms with van der Waals surface area (Å²) >= 11 is 7.54. The standard InChI is InChI=1S/C26H29ClN2O3S/c1-3-14-28(26(31)19-32-23-11-9-22(27)10-12-23)18-25(30)29(16-21-7-5-4-6-8-21)17-24-20(2)13-15-33-24/h4-13,15H,3,14,16-19H2,1-2H3. The van der Waals surface area contributed by atoms with Gasteiger partial charge in [-0.3, -0.25) is 9.59 Å². The van der Waals surface area contributed by atoms with Crippen molar-refractivity contribution in [1.82, 2.24) is 9.80 Å². The molecule has 2 amide bonds. The number of benzene rings is 2. The number of amides is 2. The highest BCUT2D eigenvalue weighted by molar-refractivity contribution is 7.10. The van der Waals surface area contributed by atoms with Gasteiger partial charge in [0.25, 0.3) is 5.91 Å². The second kappa shape index (κ2) is 12.4. The van der Waals surface area contributed by atoms with Crippen molar-refractivity contribution in [2.24, 2.45) is 0 Å². The summed E-state index contributed by atoms with van der Waals surface area (Å²) in [5.74, 6) is 0.265. The van der Waals surface area contributed by atoms with E-state index in [9.17, 15) is 9.59 Å². The monoisotopic (exact) mass is 484 g/mol. The number of nitrogens with zero attached hydrogens (tertiary/aromatic N) is 2. The van der Waals surface area contributed by atoms with Crippen LogP contribution in [-0.4, -0.2) is 41.3 Å². The van der Waals surface area contributed by atoms with Crippen LogP contribution in [0.4, 0.5) is 0 Å². The highest BCUT2D eigenvalue weighted by Crippen LogP contribution is 2.20. The number of thiophene rings is 1. The molecule has 0 fully saturated rings. The van der Waals surface area contributed by atoms with E-state index < -0.39 is 0 Å². The van der Waals surface area contributed by atoms with Crippen molar-refractivity contribution in [2.45, 2.75) is 33.4 Å². The summed E-state index contributed by atoms with van der Waals surface area (Å²) < 4.78 is 5.62. The van der Waals surface area contributed by atoms with E-state index in [1.54, 1.807) is 40.5 Å². The van der Waals surface area contributed by atoms with Gasteiger partial charge in [0, 0.05) is 23.0 Å². The van der Waals surface area contributed by atoms with Crippen LogP contribution in [0, 0.1) is 6.92 Å². The summed E-state index contributed by atoms with van der Waals surface area (Å²) in [6, 6.07) is 18.8. The van der Waals surface area contributed by atoms with Crippen molar-refractivity contribution in [3.05, 3.63) is 87.1 Å². The van der Waals surface area contributed by atoms with E-state index >= 15 is 0 Å². The number of halogens is 1. The fourth-order valence-electron chi connectivity index (χ4n) is 3.37. The topological polar surface area (TPSA) is 49.9 Å². The molecule has 0 radical (unpaired) electrons. The molecule has 0 atom stereocenters. The molecular weight excluding hydrogens is 456 g/mol. The quantitative estimate of drug-likeness (QED) is 0.358. The van der Waals surface area contributed by atoms with E-state index in [0.717, 1.165) is 16.9 Å². The molecule has 0 saturated carbocycles. The number of hydrogen-bond donors (Lipinski definition) is 0. The van der Waals surface area contributed by atoms with E-state index in [1.807, 2.05) is 47.5 Å². The minimum Gasteiger partial charge on any atom is -0.484 e. The van der Waals surface area contributed by atoms with Gasteiger partial charge in [0.1, 0.15) is 5.75 Å². The number of carbonyl (C=O) groups is 2. The first kappa shape index (κ1) is 24.8. The van der Waals surface area contributed by atoms with Crippen LogP contribution in [0.2, 0.25) is 5.02 Å². The van der Waals surface area contributed by atoms with Gasteiger partial charge in [-0.2, -0.15) is 0 Å². The van der Waals surface area contributed by atoms with Crippen LogP contribution < -0.4 is 4.74 Å². The summed E-state index contributed by atoms with van der Waals surface area (Å²) in [6.07, 6.45) is 0.753. The molecule has 2 aromatic carbocycles. The fraction of sp³-hybridized carbons (Fsp3) is 0.308. The average molecular weight is 485 g/mol. The number of carbonyl (C=O) groups excluding carboxylic acids is 2. The van der Waals surface area contributed by atoms with Crippen LogP contribution in [0.1, 0.15) is 29.3 Å². The lowest BCUT2D eigenvalue weighted by Gasteiger charge is -2.28. The largest absolute Gasteiger partial charge is 0.484 e. The Morgan fingerprint density at radius 1 is 0.939 bits per heavy atom. The molecule has 0 N–H and O–H groups in total. The highest BCUT2D eigenvalue weighted by Gasteiger charge is 2.22. The Morgan fingerprint density at radius 3 is 2.30 bits per heavy atom. The molecule has 7 heteroatoms. The van der Waals surface area contributed by atoms with Gasteiger partial charge in [0.15, 0.2) is 6.61 Å². The first-order valence-electron chi connectivity index (χ1n) is 11.0. The van der Waals surface area contributed by atoms with Gasteiger partial charge >= 0.3 is 0 Å². The van der Waals surface area contributed by atoms with Crippen LogP contribution in [0.25, 0.3) is 0 Å². The lowest BCUT2D eigenvalue weighted by Crippen LogP contribution is -2.44. The van der Waals surface area contributed by atoms with Crippen LogP contribution >= 0.6 is 22.9 Å². The van der Waals surface area contributed by atoms with Crippen LogP contribution in [-0.2, 0) is 22.7 Å². The van der Waals surface area contributed by atoms with E-state index in [-0.39, 0.29) is 25.0 Å². The maximum atomic E-state index is 13.4. The van der Waals surface area contributed by atoms with Crippen molar-refractivity contribution >= 4 is 34.8 Å². The van der Waals surface area contributed by atoms with E-state index in [2.05, 4.69) is 13.0 Å². The Balaban J connectivity index is 1.68. The van der Waals surface area contributed by atoms with Crippen molar-refractivity contribution in [2.75, 3.05) is 19.7 Å². The van der Waals surface area contributed by atoms with Crippen LogP contribution in [0.3, 0.4) is 0 Å². The molecule has 0 aliphatic carbocycles. The van der Waals surface area contributed by atoms with Gasteiger partial charge in [-0.25, -0.2) is 0 Å². The zero-order chi connectivity index (χ0) is 23.6. The van der Waals surface area contributed by atoms with Crippen molar-refractivity contribution < 1.29 is 14.3 Å². The summed E-state index contributed by atoms with van der Waals surface area (Å²) in [4.78, 5) is 30.8. The van der Waals surface area contributed by atoms with Gasteiger partial charge in [-0.05, 0) is 60.2 Å². The zero-order valence-electron chi connectivity index (χ0n) is 19.0. The van der Waals surface area contributed by atoms with E-state index in [4.69, 9.17) is 16.3 Å². The van der Waals surface area contributed by atoms with Gasteiger partial charge in [0.05, 0.1) is 13.1 Å². The third-order valence-electron chi connectivity index (χ3n) is 5.22. The van der Waals surface area contributed by atoms with Gasteiger partial charge < -0.3 is 14.5 Å². The Labute approximate surface area is 204 Å². The number of rotatable bonds is 11. The number of ether oxygens (including phenoxy) is 1. The first-order chi connectivity index (χ1) is 16.0. The molecule has 0 aliphatic rings. The molecule has 33 heavy (non-hydrogen) atoms. The van der Waals surface area contributed by atoms with Gasteiger partial charge in [0.2, 0.25) is 5.91 Å². The fourth-order valence-corrected chi connectivity index (χ4v) is 4.41. The SMILES string of the molecule is CCCN(CC(=O)N(Cc1ccccc1)Cc1sccc1C)C(=O)COc1ccc(Cl)cc1. The third-order valence-corrected chi connectivity index (χ3v) is 6.48. The Hall–Kier alpha value is -2.83. The normalized spacial score (nSPS) is 10.6. The maximum Gasteiger partial charge on any atom is 0.260 e. The van der Waals surface area contributed by atoms with Crippen LogP contribution in [0.5, 0.6) is 5.75 Å². The minimum atomic E-state index is -0.216. The molecule has 0 bridgehead atoms. The number of aryl methyl sites for hydroxylation is 1. The van der Waals surface area contributed by atoms with E-state index in [1.165, 1.54) is 5.56 Å². The van der Waals surface area contributed by atoms with Crippen molar-refractivity contribution in [1.29, 1.82) is 0 Å². The summed E-state index contributed by atoms with van der Waals surface area (Å²) in [7, 11) is 0. The molecule has 1 heterocycles. The third kappa shape index (κ3) is 7.62. The highest BCUT2D eigenvalue weighted by atomic mass is 35.5. The molecule has 174 valence electrons. The lowest BCUT2D eigenvalue weighted by molar-refractivity contribution is -0.142. The maximum absolute atomic E-state index is 13.4.